The number of halogens is 1. The lowest BCUT2D eigenvalue weighted by atomic mass is 9.84. The third-order valence-electron chi connectivity index (χ3n) is 10.2. The molecule has 0 aliphatic carbocycles. The van der Waals surface area contributed by atoms with Crippen LogP contribution in [0.2, 0.25) is 5.02 Å². The number of carbonyl (C=O) groups is 2. The molecule has 17 heteroatoms. The van der Waals surface area contributed by atoms with Gasteiger partial charge in [0.1, 0.15) is 17.8 Å². The van der Waals surface area contributed by atoms with Crippen molar-refractivity contribution in [3.05, 3.63) is 77.9 Å². The summed E-state index contributed by atoms with van der Waals surface area (Å²) in [6, 6.07) is 21.4. The molecule has 2 amide bonds. The highest BCUT2D eigenvalue weighted by atomic mass is 35.5. The molecule has 15 nitrogen and oxygen atoms in total. The molecule has 2 saturated heterocycles. The zero-order valence-corrected chi connectivity index (χ0v) is 37.2. The normalized spacial score (nSPS) is 16.2. The number of carbonyl (C=O) groups excluding carboxylic acids is 1. The second-order valence-electron chi connectivity index (χ2n) is 17.4. The number of nitrogens with one attached hydrogen (secondary N) is 4. The summed E-state index contributed by atoms with van der Waals surface area (Å²) in [6.07, 6.45) is 0.452. The Labute approximate surface area is 356 Å². The van der Waals surface area contributed by atoms with Crippen LogP contribution in [0.5, 0.6) is 0 Å². The summed E-state index contributed by atoms with van der Waals surface area (Å²) < 4.78 is 18.1. The van der Waals surface area contributed by atoms with Gasteiger partial charge in [0.15, 0.2) is 5.82 Å². The van der Waals surface area contributed by atoms with Crippen LogP contribution in [0, 0.1) is 5.41 Å². The Bertz CT molecular complexity index is 2350. The molecule has 1 atom stereocenters. The molecule has 7 rings (SSSR count). The maximum absolute atomic E-state index is 12.9. The number of fused-ring (bicyclic) bond motifs is 1. The molecule has 2 fully saturated rings. The fourth-order valence-corrected chi connectivity index (χ4v) is 8.42. The van der Waals surface area contributed by atoms with Gasteiger partial charge in [0.05, 0.1) is 29.1 Å². The monoisotopic (exact) mass is 858 g/mol. The number of hydrogen-bond acceptors (Lipinski definition) is 11. The van der Waals surface area contributed by atoms with E-state index in [1.807, 2.05) is 75.4 Å². The number of aromatic amines is 1. The first-order chi connectivity index (χ1) is 28.3. The van der Waals surface area contributed by atoms with Crippen LogP contribution >= 0.6 is 18.7 Å². The van der Waals surface area contributed by atoms with Gasteiger partial charge in [-0.2, -0.15) is 10.1 Å². The maximum atomic E-state index is 12.9. The van der Waals surface area contributed by atoms with Gasteiger partial charge in [-0.25, -0.2) is 14.6 Å². The van der Waals surface area contributed by atoms with Crippen LogP contribution in [0.3, 0.4) is 0 Å². The number of benzene rings is 3. The minimum absolute atomic E-state index is 0.117. The van der Waals surface area contributed by atoms with Crippen LogP contribution in [0.4, 0.5) is 38.4 Å². The summed E-state index contributed by atoms with van der Waals surface area (Å²) >= 11 is 6.45. The van der Waals surface area contributed by atoms with Crippen molar-refractivity contribution in [1.82, 2.24) is 35.3 Å². The van der Waals surface area contributed by atoms with E-state index in [1.54, 1.807) is 23.1 Å². The maximum Gasteiger partial charge on any atom is 0.410 e. The quantitative estimate of drug-likeness (QED) is 0.0988. The second kappa shape index (κ2) is 18.1. The topological polar surface area (TPSA) is 181 Å². The number of hydrogen-bond donors (Lipinski definition) is 5. The minimum Gasteiger partial charge on any atom is -0.465 e. The average molecular weight is 859 g/mol. The first kappa shape index (κ1) is 44.2. The van der Waals surface area contributed by atoms with Crippen molar-refractivity contribution in [3.8, 4) is 11.3 Å². The van der Waals surface area contributed by atoms with Crippen molar-refractivity contribution in [2.45, 2.75) is 53.2 Å². The molecule has 0 bridgehead atoms. The van der Waals surface area contributed by atoms with Gasteiger partial charge in [-0.1, -0.05) is 56.6 Å². The number of amides is 2. The van der Waals surface area contributed by atoms with E-state index in [-0.39, 0.29) is 23.2 Å². The van der Waals surface area contributed by atoms with Crippen LogP contribution in [0.15, 0.2) is 72.9 Å². The molecule has 60 heavy (non-hydrogen) atoms. The zero-order valence-electron chi connectivity index (χ0n) is 35.5. The van der Waals surface area contributed by atoms with E-state index in [4.69, 9.17) is 16.3 Å². The molecule has 3 aromatic carbocycles. The summed E-state index contributed by atoms with van der Waals surface area (Å²) in [6.45, 7) is 20.3. The van der Waals surface area contributed by atoms with Crippen molar-refractivity contribution >= 4 is 76.0 Å². The van der Waals surface area contributed by atoms with Crippen LogP contribution in [-0.4, -0.2) is 118 Å². The predicted octanol–water partition coefficient (Wildman–Crippen LogP) is 8.45. The Kier molecular flexibility index (Phi) is 13.3. The van der Waals surface area contributed by atoms with Gasteiger partial charge < -0.3 is 45.1 Å². The first-order valence-electron chi connectivity index (χ1n) is 20.0. The lowest BCUT2D eigenvalue weighted by molar-refractivity contribution is 0.0228. The van der Waals surface area contributed by atoms with Gasteiger partial charge in [-0.3, -0.25) is 5.10 Å². The summed E-state index contributed by atoms with van der Waals surface area (Å²) in [5.74, 6) is 0.740. The van der Waals surface area contributed by atoms with Crippen molar-refractivity contribution < 1.29 is 24.0 Å². The smallest absolute Gasteiger partial charge is 0.410 e. The molecule has 0 spiro atoms. The number of carboxylic acid groups (broad SMARTS) is 1. The third kappa shape index (κ3) is 11.1. The van der Waals surface area contributed by atoms with E-state index in [0.717, 1.165) is 59.7 Å². The molecule has 2 aliphatic rings. The molecule has 2 aromatic heterocycles. The Balaban J connectivity index is 0.000000397. The molecular weight excluding hydrogens is 803 g/mol. The number of para-hydroxylation sites is 1. The van der Waals surface area contributed by atoms with Crippen LogP contribution in [0.25, 0.3) is 22.2 Å². The number of nitrogens with zero attached hydrogens (tertiary/aromatic N) is 6. The number of aromatic nitrogens is 4. The fourth-order valence-electron chi connectivity index (χ4n) is 7.12. The van der Waals surface area contributed by atoms with Gasteiger partial charge in [-0.05, 0) is 82.0 Å². The highest BCUT2D eigenvalue weighted by molar-refractivity contribution is 7.70. The summed E-state index contributed by atoms with van der Waals surface area (Å²) in [4.78, 5) is 37.9. The molecule has 1 unspecified atom stereocenters. The van der Waals surface area contributed by atoms with Crippen molar-refractivity contribution in [3.63, 3.8) is 0 Å². The second-order valence-corrected chi connectivity index (χ2v) is 21.0. The molecule has 5 aromatic rings. The van der Waals surface area contributed by atoms with E-state index < -0.39 is 13.2 Å². The summed E-state index contributed by atoms with van der Waals surface area (Å²) in [5.41, 5.74) is 4.55. The van der Waals surface area contributed by atoms with E-state index in [0.29, 0.717) is 47.4 Å². The minimum atomic E-state index is -2.54. The number of ether oxygens (including phenoxy) is 1. The van der Waals surface area contributed by atoms with Gasteiger partial charge >= 0.3 is 12.2 Å². The van der Waals surface area contributed by atoms with Gasteiger partial charge in [0.25, 0.3) is 0 Å². The molecule has 5 N–H and O–H groups in total. The number of piperazine rings is 2. The van der Waals surface area contributed by atoms with E-state index in [2.05, 4.69) is 73.9 Å². The van der Waals surface area contributed by atoms with Crippen molar-refractivity contribution in [2.24, 2.45) is 5.41 Å². The molecule has 4 heterocycles. The Morgan fingerprint density at radius 1 is 0.933 bits per heavy atom. The van der Waals surface area contributed by atoms with E-state index in [9.17, 15) is 19.3 Å². The van der Waals surface area contributed by atoms with E-state index >= 15 is 0 Å². The Morgan fingerprint density at radius 2 is 1.63 bits per heavy atom. The van der Waals surface area contributed by atoms with E-state index in [1.165, 1.54) is 6.20 Å². The van der Waals surface area contributed by atoms with Gasteiger partial charge in [-0.15, -0.1) is 0 Å². The van der Waals surface area contributed by atoms with Gasteiger partial charge in [0, 0.05) is 73.4 Å². The summed E-state index contributed by atoms with van der Waals surface area (Å²) in [7, 11) is -2.54. The molecule has 320 valence electrons. The lowest BCUT2D eigenvalue weighted by Gasteiger charge is -2.46. The number of anilines is 5. The summed E-state index contributed by atoms with van der Waals surface area (Å²) in [5, 5.41) is 29.1. The van der Waals surface area contributed by atoms with Gasteiger partial charge in [0.2, 0.25) is 5.95 Å². The standard InChI is InChI=1S/C34H38ClN8O3P.C9H18N2O2/c1-34(2,3)29-20-42(16-17-43(29)33(44)45)23-13-10-21(11-14-23)30-24-18-22(12-15-26(24)40-41-30)37-32-36-19-25(35)31(39-32)38-27-8-6-7-9-28(27)47(4,5)46;1-9(2,3)13-8(12)11-6-4-10-5-7-11/h6-15,18-19,29H,16-17,20H2,1-5H3,(H,40,41)(H,44,45)(H2,36,37,38,39);10H,4-7H2,1-3H3. The average Bonchev–Trinajstić information content (AvgIpc) is 3.62. The van der Waals surface area contributed by atoms with Crippen LogP contribution in [0.1, 0.15) is 41.5 Å². The predicted molar refractivity (Wildman–Crippen MR) is 242 cm³/mol. The first-order valence-corrected chi connectivity index (χ1v) is 23.0. The van der Waals surface area contributed by atoms with Crippen molar-refractivity contribution in [1.29, 1.82) is 0 Å². The SMILES string of the molecule is CC(C)(C)C1CN(c2ccc(-c3n[nH]c4ccc(Nc5ncc(Cl)c(Nc6ccccc6P(C)(C)=O)n5)cc34)cc2)CCN1C(=O)O.CC(C)(C)OC(=O)N1CCNCC1. The Hall–Kier alpha value is -5.37. The molecule has 2 aliphatic heterocycles. The zero-order chi connectivity index (χ0) is 43.4. The fraction of sp³-hybridized carbons (Fsp3) is 0.419. The largest absolute Gasteiger partial charge is 0.465 e. The van der Waals surface area contributed by atoms with Crippen molar-refractivity contribution in [2.75, 3.05) is 74.7 Å². The van der Waals surface area contributed by atoms with Crippen LogP contribution < -0.4 is 26.2 Å². The molecule has 0 saturated carbocycles. The highest BCUT2D eigenvalue weighted by Gasteiger charge is 2.38. The van der Waals surface area contributed by atoms with Crippen LogP contribution in [-0.2, 0) is 9.30 Å². The molecular formula is C43H56ClN10O5P. The number of rotatable bonds is 7. The molecule has 0 radical (unpaired) electrons. The number of H-pyrrole nitrogens is 1. The Morgan fingerprint density at radius 3 is 2.28 bits per heavy atom. The third-order valence-corrected chi connectivity index (χ3v) is 12.0. The lowest BCUT2D eigenvalue weighted by Crippen LogP contribution is -2.59. The highest BCUT2D eigenvalue weighted by Crippen LogP contribution is 2.39.